The van der Waals surface area contributed by atoms with Crippen LogP contribution in [-0.2, 0) is 6.54 Å². The molecule has 0 spiro atoms. The van der Waals surface area contributed by atoms with E-state index in [9.17, 15) is 15.2 Å². The van der Waals surface area contributed by atoms with Gasteiger partial charge in [-0.25, -0.2) is 0 Å². The third-order valence-electron chi connectivity index (χ3n) is 4.53. The van der Waals surface area contributed by atoms with Gasteiger partial charge in [-0.2, -0.15) is 4.98 Å². The normalized spacial score (nSPS) is 20.0. The molecule has 1 N–H and O–H groups in total. The summed E-state index contributed by atoms with van der Waals surface area (Å²) >= 11 is 0. The number of non-ortho nitro benzene ring substituents is 1. The zero-order valence-electron chi connectivity index (χ0n) is 14.3. The topological polar surface area (TPSA) is 118 Å². The number of nitro groups is 1. The number of aliphatic hydroxyl groups excluding tert-OH is 1. The van der Waals surface area contributed by atoms with Crippen molar-refractivity contribution in [3.05, 3.63) is 70.4 Å². The van der Waals surface area contributed by atoms with E-state index in [1.54, 1.807) is 24.5 Å². The Hall–Kier alpha value is -3.17. The van der Waals surface area contributed by atoms with Gasteiger partial charge in [-0.05, 0) is 18.1 Å². The highest BCUT2D eigenvalue weighted by molar-refractivity contribution is 5.58. The number of hydrogen-bond acceptors (Lipinski definition) is 8. The summed E-state index contributed by atoms with van der Waals surface area (Å²) in [7, 11) is 0. The molecule has 0 radical (unpaired) electrons. The van der Waals surface area contributed by atoms with Gasteiger partial charge < -0.3 is 9.63 Å². The summed E-state index contributed by atoms with van der Waals surface area (Å²) in [6.45, 7) is 1.10. The summed E-state index contributed by atoms with van der Waals surface area (Å²) < 4.78 is 5.42. The van der Waals surface area contributed by atoms with Crippen molar-refractivity contribution in [1.82, 2.24) is 20.0 Å². The first-order valence-corrected chi connectivity index (χ1v) is 8.49. The van der Waals surface area contributed by atoms with E-state index >= 15 is 0 Å². The SMILES string of the molecule is O=[N+]([O-])c1cccc(-c2noc([C@@H]3C[C@@H](O)CN3Cc3cccnc3)n2)c1. The van der Waals surface area contributed by atoms with E-state index in [1.165, 1.54) is 12.1 Å². The van der Waals surface area contributed by atoms with Crippen molar-refractivity contribution in [3.8, 4) is 11.4 Å². The third-order valence-corrected chi connectivity index (χ3v) is 4.53. The molecule has 138 valence electrons. The van der Waals surface area contributed by atoms with Gasteiger partial charge in [0.1, 0.15) is 0 Å². The molecule has 1 aliphatic rings. The lowest BCUT2D eigenvalue weighted by molar-refractivity contribution is -0.384. The maximum Gasteiger partial charge on any atom is 0.270 e. The zero-order valence-corrected chi connectivity index (χ0v) is 14.3. The molecular formula is C18H17N5O4. The molecule has 0 saturated carbocycles. The van der Waals surface area contributed by atoms with Crippen molar-refractivity contribution in [2.75, 3.05) is 6.54 Å². The first-order chi connectivity index (χ1) is 13.1. The fourth-order valence-electron chi connectivity index (χ4n) is 3.28. The number of pyridine rings is 1. The van der Waals surface area contributed by atoms with Crippen molar-refractivity contribution in [2.45, 2.75) is 25.1 Å². The number of nitrogens with zero attached hydrogens (tertiary/aromatic N) is 5. The van der Waals surface area contributed by atoms with Crippen LogP contribution in [0.25, 0.3) is 11.4 Å². The minimum atomic E-state index is -0.486. The maximum absolute atomic E-state index is 11.0. The van der Waals surface area contributed by atoms with Crippen LogP contribution in [0.5, 0.6) is 0 Å². The largest absolute Gasteiger partial charge is 0.392 e. The van der Waals surface area contributed by atoms with Crippen molar-refractivity contribution in [3.63, 3.8) is 0 Å². The summed E-state index contributed by atoms with van der Waals surface area (Å²) in [5.41, 5.74) is 1.50. The Kier molecular flexibility index (Phi) is 4.61. The predicted octanol–water partition coefficient (Wildman–Crippen LogP) is 2.35. The van der Waals surface area contributed by atoms with E-state index in [0.717, 1.165) is 5.56 Å². The smallest absolute Gasteiger partial charge is 0.270 e. The quantitative estimate of drug-likeness (QED) is 0.539. The van der Waals surface area contributed by atoms with Crippen LogP contribution in [0.3, 0.4) is 0 Å². The third kappa shape index (κ3) is 3.69. The molecule has 0 aliphatic carbocycles. The van der Waals surface area contributed by atoms with Gasteiger partial charge in [-0.1, -0.05) is 23.4 Å². The van der Waals surface area contributed by atoms with E-state index < -0.39 is 11.0 Å². The second-order valence-corrected chi connectivity index (χ2v) is 6.46. The molecule has 1 aliphatic heterocycles. The average Bonchev–Trinajstić information content (AvgIpc) is 3.29. The van der Waals surface area contributed by atoms with E-state index in [4.69, 9.17) is 4.52 Å². The number of aromatic nitrogens is 3. The lowest BCUT2D eigenvalue weighted by atomic mass is 10.1. The van der Waals surface area contributed by atoms with Crippen molar-refractivity contribution in [2.24, 2.45) is 0 Å². The Balaban J connectivity index is 1.58. The number of β-amino-alcohol motifs (C(OH)–C–C–N with tert-alkyl or cyclic N) is 1. The van der Waals surface area contributed by atoms with Crippen molar-refractivity contribution >= 4 is 5.69 Å². The van der Waals surface area contributed by atoms with E-state index in [0.29, 0.717) is 31.0 Å². The number of aliphatic hydroxyl groups is 1. The van der Waals surface area contributed by atoms with Gasteiger partial charge in [0.05, 0.1) is 17.1 Å². The van der Waals surface area contributed by atoms with Crippen LogP contribution in [0.15, 0.2) is 53.3 Å². The number of rotatable bonds is 5. The van der Waals surface area contributed by atoms with Crippen LogP contribution in [0, 0.1) is 10.1 Å². The molecule has 3 aromatic rings. The molecule has 4 rings (SSSR count). The minimum Gasteiger partial charge on any atom is -0.392 e. The van der Waals surface area contributed by atoms with Crippen LogP contribution in [-0.4, -0.2) is 42.7 Å². The van der Waals surface area contributed by atoms with Gasteiger partial charge in [0.15, 0.2) is 0 Å². The molecule has 2 atom stereocenters. The number of benzene rings is 1. The minimum absolute atomic E-state index is 0.0339. The van der Waals surface area contributed by atoms with Gasteiger partial charge in [0, 0.05) is 43.2 Å². The van der Waals surface area contributed by atoms with Gasteiger partial charge in [0.25, 0.3) is 5.69 Å². The average molecular weight is 367 g/mol. The summed E-state index contributed by atoms with van der Waals surface area (Å²) in [4.78, 5) is 21.1. The predicted molar refractivity (Wildman–Crippen MR) is 94.4 cm³/mol. The molecule has 2 aromatic heterocycles. The zero-order chi connectivity index (χ0) is 18.8. The van der Waals surface area contributed by atoms with Crippen LogP contribution in [0.2, 0.25) is 0 Å². The fourth-order valence-corrected chi connectivity index (χ4v) is 3.28. The second kappa shape index (κ2) is 7.22. The van der Waals surface area contributed by atoms with Crippen molar-refractivity contribution < 1.29 is 14.6 Å². The molecule has 9 heteroatoms. The lowest BCUT2D eigenvalue weighted by Gasteiger charge is -2.20. The molecule has 27 heavy (non-hydrogen) atoms. The number of likely N-dealkylation sites (tertiary alicyclic amines) is 1. The van der Waals surface area contributed by atoms with Gasteiger partial charge >= 0.3 is 0 Å². The highest BCUT2D eigenvalue weighted by atomic mass is 16.6. The molecule has 1 saturated heterocycles. The molecule has 1 fully saturated rings. The molecular weight excluding hydrogens is 350 g/mol. The first kappa shape index (κ1) is 17.3. The van der Waals surface area contributed by atoms with Gasteiger partial charge in [-0.15, -0.1) is 0 Å². The van der Waals surface area contributed by atoms with Crippen LogP contribution in [0.1, 0.15) is 23.9 Å². The Morgan fingerprint density at radius 1 is 1.33 bits per heavy atom. The molecule has 1 aromatic carbocycles. The highest BCUT2D eigenvalue weighted by Gasteiger charge is 2.36. The fraction of sp³-hybridized carbons (Fsp3) is 0.278. The Morgan fingerprint density at radius 3 is 3.00 bits per heavy atom. The Labute approximate surface area is 154 Å². The second-order valence-electron chi connectivity index (χ2n) is 6.46. The van der Waals surface area contributed by atoms with Crippen LogP contribution < -0.4 is 0 Å². The molecule has 0 unspecified atom stereocenters. The number of hydrogen-bond donors (Lipinski definition) is 1. The lowest BCUT2D eigenvalue weighted by Crippen LogP contribution is -2.24. The monoisotopic (exact) mass is 367 g/mol. The van der Waals surface area contributed by atoms with E-state index in [2.05, 4.69) is 20.0 Å². The summed E-state index contributed by atoms with van der Waals surface area (Å²) in [6.07, 6.45) is 3.49. The maximum atomic E-state index is 11.0. The summed E-state index contributed by atoms with van der Waals surface area (Å²) in [5, 5.41) is 25.0. The van der Waals surface area contributed by atoms with Gasteiger partial charge in [0.2, 0.25) is 11.7 Å². The first-order valence-electron chi connectivity index (χ1n) is 8.49. The van der Waals surface area contributed by atoms with Crippen molar-refractivity contribution in [1.29, 1.82) is 0 Å². The molecule has 9 nitrogen and oxygen atoms in total. The summed E-state index contributed by atoms with van der Waals surface area (Å²) in [6, 6.07) is 9.70. The number of nitro benzene ring substituents is 1. The highest BCUT2D eigenvalue weighted by Crippen LogP contribution is 2.33. The molecule has 0 amide bonds. The van der Waals surface area contributed by atoms with E-state index in [1.807, 2.05) is 12.1 Å². The van der Waals surface area contributed by atoms with Crippen LogP contribution in [0.4, 0.5) is 5.69 Å². The standard InChI is InChI=1S/C18H17N5O4/c24-15-8-16(22(11-15)10-12-3-2-6-19-9-12)18-20-17(21-27-18)13-4-1-5-14(7-13)23(25)26/h1-7,9,15-16,24H,8,10-11H2/t15-,16+/m1/s1. The molecule has 3 heterocycles. The summed E-state index contributed by atoms with van der Waals surface area (Å²) in [5.74, 6) is 0.674. The van der Waals surface area contributed by atoms with Gasteiger partial charge in [-0.3, -0.25) is 20.0 Å². The van der Waals surface area contributed by atoms with Crippen LogP contribution >= 0.6 is 0 Å². The Morgan fingerprint density at radius 2 is 2.22 bits per heavy atom. The Bertz CT molecular complexity index is 946. The van der Waals surface area contributed by atoms with E-state index in [-0.39, 0.29) is 17.6 Å². The molecule has 0 bridgehead atoms.